The molecule has 1 fully saturated rings. The molecule has 1 heterocycles. The summed E-state index contributed by atoms with van der Waals surface area (Å²) in [6.07, 6.45) is 10.0. The maximum absolute atomic E-state index is 11.9. The van der Waals surface area contributed by atoms with E-state index in [1.807, 2.05) is 6.92 Å². The number of sulfonamides is 1. The molecule has 0 spiro atoms. The predicted molar refractivity (Wildman–Crippen MR) is 70.1 cm³/mol. The molecular formula is C12H22N2O2S. The first-order valence-corrected chi connectivity index (χ1v) is 7.92. The lowest BCUT2D eigenvalue weighted by atomic mass is 10.1. The molecule has 0 radical (unpaired) electrons. The summed E-state index contributed by atoms with van der Waals surface area (Å²) in [6.45, 7) is 2.90. The average molecular weight is 258 g/mol. The lowest BCUT2D eigenvalue weighted by molar-refractivity contribution is 0.421. The van der Waals surface area contributed by atoms with Gasteiger partial charge in [0.05, 0.1) is 11.8 Å². The minimum atomic E-state index is -3.27. The molecule has 17 heavy (non-hydrogen) atoms. The molecule has 4 nitrogen and oxygen atoms in total. The summed E-state index contributed by atoms with van der Waals surface area (Å²) >= 11 is 0. The minimum Gasteiger partial charge on any atom is -0.313 e. The van der Waals surface area contributed by atoms with E-state index in [4.69, 9.17) is 6.42 Å². The van der Waals surface area contributed by atoms with Gasteiger partial charge in [-0.2, -0.15) is 0 Å². The van der Waals surface area contributed by atoms with Gasteiger partial charge in [0.2, 0.25) is 10.0 Å². The third-order valence-electron chi connectivity index (χ3n) is 2.93. The molecule has 1 rings (SSSR count). The summed E-state index contributed by atoms with van der Waals surface area (Å²) in [5.41, 5.74) is 0. The highest BCUT2D eigenvalue weighted by Gasteiger charge is 2.22. The van der Waals surface area contributed by atoms with Crippen LogP contribution in [-0.2, 0) is 10.0 Å². The molecule has 98 valence electrons. The highest BCUT2D eigenvalue weighted by atomic mass is 32.2. The Balaban J connectivity index is 2.47. The van der Waals surface area contributed by atoms with Crippen LogP contribution in [0.15, 0.2) is 0 Å². The monoisotopic (exact) mass is 258 g/mol. The van der Waals surface area contributed by atoms with Gasteiger partial charge in [-0.15, -0.1) is 6.42 Å². The summed E-state index contributed by atoms with van der Waals surface area (Å²) in [6, 6.07) is -0.296. The van der Waals surface area contributed by atoms with Crippen molar-refractivity contribution in [3.63, 3.8) is 0 Å². The van der Waals surface area contributed by atoms with Crippen molar-refractivity contribution < 1.29 is 8.42 Å². The van der Waals surface area contributed by atoms with Crippen molar-refractivity contribution >= 4 is 10.0 Å². The number of hydrogen-bond acceptors (Lipinski definition) is 3. The summed E-state index contributed by atoms with van der Waals surface area (Å²) in [5.74, 6) is 2.62. The largest absolute Gasteiger partial charge is 0.313 e. The summed E-state index contributed by atoms with van der Waals surface area (Å²) in [5, 5.41) is 3.23. The first-order valence-electron chi connectivity index (χ1n) is 6.27. The Labute approximate surface area is 105 Å². The van der Waals surface area contributed by atoms with Gasteiger partial charge in [0.1, 0.15) is 0 Å². The van der Waals surface area contributed by atoms with E-state index < -0.39 is 10.0 Å². The van der Waals surface area contributed by atoms with Gasteiger partial charge in [0.15, 0.2) is 0 Å². The second-order valence-corrected chi connectivity index (χ2v) is 6.35. The van der Waals surface area contributed by atoms with E-state index in [2.05, 4.69) is 16.0 Å². The molecule has 2 unspecified atom stereocenters. The van der Waals surface area contributed by atoms with Gasteiger partial charge in [-0.3, -0.25) is 0 Å². The first kappa shape index (κ1) is 14.5. The SMILES string of the molecule is C#CC(CCC)NS(=O)(=O)CC1CCCCN1. The van der Waals surface area contributed by atoms with Crippen LogP contribution in [0.1, 0.15) is 39.0 Å². The second kappa shape index (κ2) is 7.00. The van der Waals surface area contributed by atoms with Crippen molar-refractivity contribution in [2.24, 2.45) is 0 Å². The van der Waals surface area contributed by atoms with Gasteiger partial charge in [-0.25, -0.2) is 13.1 Å². The fourth-order valence-electron chi connectivity index (χ4n) is 2.06. The molecule has 0 saturated carbocycles. The topological polar surface area (TPSA) is 58.2 Å². The summed E-state index contributed by atoms with van der Waals surface area (Å²) in [4.78, 5) is 0. The number of piperidine rings is 1. The van der Waals surface area contributed by atoms with Crippen molar-refractivity contribution in [2.75, 3.05) is 12.3 Å². The molecule has 0 amide bonds. The fraction of sp³-hybridized carbons (Fsp3) is 0.833. The van der Waals surface area contributed by atoms with Crippen molar-refractivity contribution in [3.8, 4) is 12.3 Å². The average Bonchev–Trinajstić information content (AvgIpc) is 2.29. The van der Waals surface area contributed by atoms with Crippen molar-refractivity contribution in [2.45, 2.75) is 51.1 Å². The molecule has 0 aliphatic carbocycles. The normalized spacial score (nSPS) is 22.9. The lowest BCUT2D eigenvalue weighted by Gasteiger charge is -2.24. The lowest BCUT2D eigenvalue weighted by Crippen LogP contribution is -2.44. The minimum absolute atomic E-state index is 0.0706. The molecule has 2 N–H and O–H groups in total. The number of rotatable bonds is 6. The Bertz CT molecular complexity index is 353. The zero-order chi connectivity index (χ0) is 12.7. The zero-order valence-corrected chi connectivity index (χ0v) is 11.2. The van der Waals surface area contributed by atoms with Gasteiger partial charge >= 0.3 is 0 Å². The molecule has 0 aromatic heterocycles. The molecule has 0 aromatic rings. The van der Waals surface area contributed by atoms with Crippen LogP contribution in [0.2, 0.25) is 0 Å². The van der Waals surface area contributed by atoms with Crippen LogP contribution in [0.3, 0.4) is 0 Å². The van der Waals surface area contributed by atoms with Crippen molar-refractivity contribution in [3.05, 3.63) is 0 Å². The van der Waals surface area contributed by atoms with E-state index in [-0.39, 0.29) is 17.8 Å². The van der Waals surface area contributed by atoms with Crippen LogP contribution in [0.4, 0.5) is 0 Å². The zero-order valence-electron chi connectivity index (χ0n) is 10.4. The number of terminal acetylenes is 1. The summed E-state index contributed by atoms with van der Waals surface area (Å²) < 4.78 is 26.4. The maximum Gasteiger partial charge on any atom is 0.214 e. The maximum atomic E-state index is 11.9. The molecular weight excluding hydrogens is 236 g/mol. The Morgan fingerprint density at radius 3 is 2.82 bits per heavy atom. The van der Waals surface area contributed by atoms with E-state index in [1.54, 1.807) is 0 Å². The third kappa shape index (κ3) is 5.53. The third-order valence-corrected chi connectivity index (χ3v) is 4.42. The number of hydrogen-bond donors (Lipinski definition) is 2. The van der Waals surface area contributed by atoms with E-state index >= 15 is 0 Å². The highest BCUT2D eigenvalue weighted by molar-refractivity contribution is 7.89. The van der Waals surface area contributed by atoms with E-state index in [9.17, 15) is 8.42 Å². The van der Waals surface area contributed by atoms with Crippen LogP contribution in [0.5, 0.6) is 0 Å². The van der Waals surface area contributed by atoms with E-state index in [0.717, 1.165) is 32.2 Å². The Morgan fingerprint density at radius 1 is 1.53 bits per heavy atom. The van der Waals surface area contributed by atoms with Crippen LogP contribution >= 0.6 is 0 Å². The van der Waals surface area contributed by atoms with E-state index in [0.29, 0.717) is 6.42 Å². The Morgan fingerprint density at radius 2 is 2.29 bits per heavy atom. The Hall–Kier alpha value is -0.570. The Kier molecular flexibility index (Phi) is 5.96. The van der Waals surface area contributed by atoms with Gasteiger partial charge < -0.3 is 5.32 Å². The smallest absolute Gasteiger partial charge is 0.214 e. The molecule has 0 bridgehead atoms. The van der Waals surface area contributed by atoms with Crippen LogP contribution in [0.25, 0.3) is 0 Å². The molecule has 1 aliphatic rings. The quantitative estimate of drug-likeness (QED) is 0.694. The second-order valence-electron chi connectivity index (χ2n) is 4.55. The first-order chi connectivity index (χ1) is 8.07. The summed E-state index contributed by atoms with van der Waals surface area (Å²) in [7, 11) is -3.27. The standard InChI is InChI=1S/C12H22N2O2S/c1-3-7-11(4-2)14-17(15,16)10-12-8-5-6-9-13-12/h2,11-14H,3,5-10H2,1H3. The van der Waals surface area contributed by atoms with Gasteiger partial charge in [0.25, 0.3) is 0 Å². The van der Waals surface area contributed by atoms with Gasteiger partial charge in [-0.1, -0.05) is 25.7 Å². The molecule has 0 aromatic carbocycles. The number of nitrogens with one attached hydrogen (secondary N) is 2. The fourth-order valence-corrected chi connectivity index (χ4v) is 3.59. The molecule has 1 saturated heterocycles. The van der Waals surface area contributed by atoms with Crippen LogP contribution in [0, 0.1) is 12.3 Å². The van der Waals surface area contributed by atoms with Crippen LogP contribution in [-0.4, -0.2) is 32.8 Å². The van der Waals surface area contributed by atoms with Crippen molar-refractivity contribution in [1.29, 1.82) is 0 Å². The highest BCUT2D eigenvalue weighted by Crippen LogP contribution is 2.09. The molecule has 5 heteroatoms. The molecule has 1 aliphatic heterocycles. The van der Waals surface area contributed by atoms with Gasteiger partial charge in [0, 0.05) is 6.04 Å². The predicted octanol–water partition coefficient (Wildman–Crippen LogP) is 0.850. The van der Waals surface area contributed by atoms with Gasteiger partial charge in [-0.05, 0) is 25.8 Å². The van der Waals surface area contributed by atoms with Crippen LogP contribution < -0.4 is 10.0 Å². The van der Waals surface area contributed by atoms with Crippen molar-refractivity contribution in [1.82, 2.24) is 10.0 Å². The van der Waals surface area contributed by atoms with E-state index in [1.165, 1.54) is 0 Å². The molecule has 2 atom stereocenters.